The zero-order valence-corrected chi connectivity index (χ0v) is 23.3. The summed E-state index contributed by atoms with van der Waals surface area (Å²) in [6.45, 7) is 8.55. The Hall–Kier alpha value is -3.69. The Morgan fingerprint density at radius 3 is 2.08 bits per heavy atom. The van der Waals surface area contributed by atoms with Crippen LogP contribution in [-0.4, -0.2) is 63.1 Å². The third-order valence-corrected chi connectivity index (χ3v) is 6.29. The summed E-state index contributed by atoms with van der Waals surface area (Å²) < 4.78 is 13.7. The van der Waals surface area contributed by atoms with E-state index in [0.29, 0.717) is 0 Å². The zero-order chi connectivity index (χ0) is 28.9. The quantitative estimate of drug-likeness (QED) is 0.169. The van der Waals surface area contributed by atoms with E-state index in [1.807, 2.05) is 13.0 Å². The van der Waals surface area contributed by atoms with Crippen LogP contribution in [0, 0.1) is 5.41 Å². The average molecular weight is 533 g/mol. The molecule has 0 fully saturated rings. The first-order valence-electron chi connectivity index (χ1n) is 12.4. The van der Waals surface area contributed by atoms with E-state index in [9.17, 15) is 24.0 Å². The van der Waals surface area contributed by atoms with Crippen LogP contribution in [-0.2, 0) is 38.2 Å². The number of nitrogens with one attached hydrogen (secondary N) is 2. The summed E-state index contributed by atoms with van der Waals surface area (Å²) in [7, 11) is 3.36. The van der Waals surface area contributed by atoms with E-state index in [-0.39, 0.29) is 5.41 Å². The van der Waals surface area contributed by atoms with Crippen LogP contribution in [0.3, 0.4) is 0 Å². The highest BCUT2D eigenvalue weighted by Gasteiger charge is 2.30. The van der Waals surface area contributed by atoms with E-state index in [0.717, 1.165) is 39.7 Å². The Balaban J connectivity index is 2.93. The summed E-state index contributed by atoms with van der Waals surface area (Å²) in [6.07, 6.45) is 11.1. The van der Waals surface area contributed by atoms with Crippen LogP contribution in [0.1, 0.15) is 59.8 Å². The molecule has 0 radical (unpaired) electrons. The van der Waals surface area contributed by atoms with Gasteiger partial charge in [-0.15, -0.1) is 0 Å². The lowest BCUT2D eigenvalue weighted by Gasteiger charge is -2.32. The molecule has 0 spiro atoms. The van der Waals surface area contributed by atoms with Crippen LogP contribution in [0.25, 0.3) is 0 Å². The van der Waals surface area contributed by atoms with Crippen LogP contribution < -0.4 is 10.6 Å². The normalized spacial score (nSPS) is 17.1. The molecule has 0 saturated heterocycles. The highest BCUT2D eigenvalue weighted by molar-refractivity contribution is 5.96. The predicted octanol–water partition coefficient (Wildman–Crippen LogP) is 2.84. The second-order valence-electron chi connectivity index (χ2n) is 9.74. The molecule has 0 heterocycles. The fourth-order valence-corrected chi connectivity index (χ4v) is 4.10. The van der Waals surface area contributed by atoms with Gasteiger partial charge in [-0.1, -0.05) is 49.3 Å². The molecule has 2 amide bonds. The van der Waals surface area contributed by atoms with Gasteiger partial charge in [0.25, 0.3) is 0 Å². The van der Waals surface area contributed by atoms with Gasteiger partial charge in [0.15, 0.2) is 0 Å². The number of amides is 2. The number of ether oxygens (including phenoxy) is 3. The van der Waals surface area contributed by atoms with Crippen molar-refractivity contribution in [2.45, 2.75) is 71.9 Å². The minimum atomic E-state index is -1.36. The Morgan fingerprint density at radius 2 is 1.53 bits per heavy atom. The fraction of sp³-hybridized carbons (Fsp3) is 0.536. The number of carbonyl (C=O) groups excluding carboxylic acids is 5. The average Bonchev–Trinajstić information content (AvgIpc) is 2.86. The molecule has 0 aliphatic heterocycles. The lowest BCUT2D eigenvalue weighted by molar-refractivity contribution is -0.151. The molecule has 2 N–H and O–H groups in total. The largest absolute Gasteiger partial charge is 0.469 e. The molecule has 0 unspecified atom stereocenters. The minimum absolute atomic E-state index is 0.119. The van der Waals surface area contributed by atoms with Crippen molar-refractivity contribution in [1.82, 2.24) is 10.6 Å². The van der Waals surface area contributed by atoms with E-state index in [1.165, 1.54) is 29.7 Å². The molecule has 0 aromatic carbocycles. The second kappa shape index (κ2) is 15.5. The topological polar surface area (TPSA) is 137 Å². The molecule has 1 aliphatic rings. The number of hydrogen-bond donors (Lipinski definition) is 2. The monoisotopic (exact) mass is 532 g/mol. The van der Waals surface area contributed by atoms with E-state index >= 15 is 0 Å². The second-order valence-corrected chi connectivity index (χ2v) is 9.74. The number of hydrogen-bond acceptors (Lipinski definition) is 8. The predicted molar refractivity (Wildman–Crippen MR) is 142 cm³/mol. The molecule has 0 saturated carbocycles. The van der Waals surface area contributed by atoms with Gasteiger partial charge >= 0.3 is 17.9 Å². The summed E-state index contributed by atoms with van der Waals surface area (Å²) in [5, 5.41) is 4.74. The standard InChI is InChI=1S/C28H40N2O8/c1-18(13-14-20-19(2)11-9-15-28(20,3)4)10-8-12-23(31)29-21(16-24(32)36-5)26(34)30-22(27(35)38-7)17-25(33)37-6/h8,10,12-14,21-22H,9,11,15-17H2,1-7H3,(H,29,31)(H,30,34)/b12-8+,14-13+,18-10+/t21-,22-/m0/s1. The molecule has 1 rings (SSSR count). The first-order valence-corrected chi connectivity index (χ1v) is 12.4. The molecule has 0 aromatic rings. The van der Waals surface area contributed by atoms with Gasteiger partial charge in [0.2, 0.25) is 11.8 Å². The van der Waals surface area contributed by atoms with Gasteiger partial charge in [-0.2, -0.15) is 0 Å². The van der Waals surface area contributed by atoms with Gasteiger partial charge in [0, 0.05) is 6.08 Å². The number of carbonyl (C=O) groups is 5. The maximum atomic E-state index is 12.8. The van der Waals surface area contributed by atoms with E-state index < -0.39 is 54.6 Å². The Kier molecular flexibility index (Phi) is 13.2. The molecule has 1 aliphatic carbocycles. The SMILES string of the molecule is COC(=O)C[C@H](NC(=O)/C=C/C=C(C)/C=C/C1=C(C)CCCC1(C)C)C(=O)N[C@@H](CC(=O)OC)C(=O)OC. The Morgan fingerprint density at radius 1 is 0.921 bits per heavy atom. The molecule has 10 heteroatoms. The Labute approximate surface area is 224 Å². The summed E-state index contributed by atoms with van der Waals surface area (Å²) in [5.74, 6) is -3.91. The van der Waals surface area contributed by atoms with E-state index in [4.69, 9.17) is 0 Å². The smallest absolute Gasteiger partial charge is 0.328 e. The zero-order valence-electron chi connectivity index (χ0n) is 23.3. The lowest BCUT2D eigenvalue weighted by atomic mass is 9.72. The molecule has 10 nitrogen and oxygen atoms in total. The van der Waals surface area contributed by atoms with Crippen molar-refractivity contribution in [2.24, 2.45) is 5.41 Å². The first kappa shape index (κ1) is 32.3. The fourth-order valence-electron chi connectivity index (χ4n) is 4.10. The minimum Gasteiger partial charge on any atom is -0.469 e. The van der Waals surface area contributed by atoms with Crippen molar-refractivity contribution >= 4 is 29.7 Å². The van der Waals surface area contributed by atoms with E-state index in [2.05, 4.69) is 51.7 Å². The van der Waals surface area contributed by atoms with Gasteiger partial charge in [0.1, 0.15) is 12.1 Å². The number of methoxy groups -OCH3 is 3. The van der Waals surface area contributed by atoms with Crippen molar-refractivity contribution < 1.29 is 38.2 Å². The highest BCUT2D eigenvalue weighted by atomic mass is 16.5. The van der Waals surface area contributed by atoms with Gasteiger partial charge in [-0.25, -0.2) is 4.79 Å². The number of allylic oxidation sites excluding steroid dienone is 7. The molecule has 38 heavy (non-hydrogen) atoms. The number of rotatable bonds is 12. The third kappa shape index (κ3) is 10.7. The van der Waals surface area contributed by atoms with Crippen molar-refractivity contribution in [1.29, 1.82) is 0 Å². The summed E-state index contributed by atoms with van der Waals surface area (Å²) in [6, 6.07) is -2.73. The molecular weight excluding hydrogens is 492 g/mol. The van der Waals surface area contributed by atoms with Crippen molar-refractivity contribution in [3.8, 4) is 0 Å². The van der Waals surface area contributed by atoms with Crippen LogP contribution in [0.5, 0.6) is 0 Å². The molecule has 0 aromatic heterocycles. The third-order valence-electron chi connectivity index (χ3n) is 6.29. The summed E-state index contributed by atoms with van der Waals surface area (Å²) in [4.78, 5) is 60.7. The van der Waals surface area contributed by atoms with E-state index in [1.54, 1.807) is 6.08 Å². The summed E-state index contributed by atoms with van der Waals surface area (Å²) in [5.41, 5.74) is 3.75. The van der Waals surface area contributed by atoms with Crippen molar-refractivity contribution in [3.05, 3.63) is 47.1 Å². The van der Waals surface area contributed by atoms with Gasteiger partial charge < -0.3 is 24.8 Å². The van der Waals surface area contributed by atoms with Crippen molar-refractivity contribution in [2.75, 3.05) is 21.3 Å². The van der Waals surface area contributed by atoms with Crippen LogP contribution >= 0.6 is 0 Å². The van der Waals surface area contributed by atoms with Crippen LogP contribution in [0.4, 0.5) is 0 Å². The molecule has 2 atom stereocenters. The van der Waals surface area contributed by atoms with Gasteiger partial charge in [-0.05, 0) is 44.1 Å². The maximum Gasteiger partial charge on any atom is 0.328 e. The highest BCUT2D eigenvalue weighted by Crippen LogP contribution is 2.40. The van der Waals surface area contributed by atoms with Crippen LogP contribution in [0.2, 0.25) is 0 Å². The number of esters is 3. The maximum absolute atomic E-state index is 12.8. The summed E-state index contributed by atoms with van der Waals surface area (Å²) >= 11 is 0. The Bertz CT molecular complexity index is 1020. The van der Waals surface area contributed by atoms with Gasteiger partial charge in [-0.3, -0.25) is 19.2 Å². The molecular formula is C28H40N2O8. The van der Waals surface area contributed by atoms with Gasteiger partial charge in [0.05, 0.1) is 34.2 Å². The van der Waals surface area contributed by atoms with Crippen molar-refractivity contribution in [3.63, 3.8) is 0 Å². The van der Waals surface area contributed by atoms with Crippen LogP contribution in [0.15, 0.2) is 47.1 Å². The molecule has 0 bridgehead atoms. The first-order chi connectivity index (χ1) is 17.8. The molecule has 210 valence electrons. The lowest BCUT2D eigenvalue weighted by Crippen LogP contribution is -2.52.